The molecule has 2 aromatic carbocycles. The lowest BCUT2D eigenvalue weighted by atomic mass is 9.89. The molecule has 1 aliphatic rings. The SMILES string of the molecule is COC(=O)CC1(NC(C)=O)C=CC(O[Si](c2ccccc2)(c2ccccc2)C(C)(C)C)C=C1. The van der Waals surface area contributed by atoms with Gasteiger partial charge in [0.15, 0.2) is 0 Å². The third kappa shape index (κ3) is 5.34. The Kier molecular flexibility index (Phi) is 7.40. The van der Waals surface area contributed by atoms with Crippen molar-refractivity contribution in [3.63, 3.8) is 0 Å². The third-order valence-electron chi connectivity index (χ3n) is 5.97. The Balaban J connectivity index is 2.03. The number of rotatable bonds is 7. The average molecular weight is 464 g/mol. The summed E-state index contributed by atoms with van der Waals surface area (Å²) in [4.78, 5) is 23.9. The van der Waals surface area contributed by atoms with Gasteiger partial charge in [-0.3, -0.25) is 9.59 Å². The van der Waals surface area contributed by atoms with Crippen molar-refractivity contribution in [3.05, 3.63) is 85.0 Å². The van der Waals surface area contributed by atoms with Crippen LogP contribution < -0.4 is 15.7 Å². The number of methoxy groups -OCH3 is 1. The van der Waals surface area contributed by atoms with E-state index in [1.54, 1.807) is 0 Å². The van der Waals surface area contributed by atoms with E-state index < -0.39 is 19.8 Å². The maximum absolute atomic E-state index is 12.0. The molecule has 1 N–H and O–H groups in total. The van der Waals surface area contributed by atoms with Gasteiger partial charge in [0.1, 0.15) is 0 Å². The maximum Gasteiger partial charge on any atom is 0.308 e. The van der Waals surface area contributed by atoms with Gasteiger partial charge in [-0.15, -0.1) is 0 Å². The summed E-state index contributed by atoms with van der Waals surface area (Å²) in [5, 5.41) is 5.11. The van der Waals surface area contributed by atoms with Crippen LogP contribution in [0.5, 0.6) is 0 Å². The van der Waals surface area contributed by atoms with Crippen molar-refractivity contribution in [2.45, 2.75) is 50.8 Å². The van der Waals surface area contributed by atoms with Crippen LogP contribution in [0, 0.1) is 0 Å². The Morgan fingerprint density at radius 2 is 1.42 bits per heavy atom. The van der Waals surface area contributed by atoms with Gasteiger partial charge in [-0.25, -0.2) is 0 Å². The Hall–Kier alpha value is -2.96. The van der Waals surface area contributed by atoms with Gasteiger partial charge < -0.3 is 14.5 Å². The first-order valence-electron chi connectivity index (χ1n) is 11.1. The number of benzene rings is 2. The standard InChI is InChI=1S/C27H33NO4Si/c1-21(29)28-27(20-25(30)31-5)18-16-22(17-19-27)32-33(26(2,3)4,23-12-8-6-9-13-23)24-14-10-7-11-15-24/h6-19,22H,20H2,1-5H3,(H,28,29). The highest BCUT2D eigenvalue weighted by atomic mass is 28.4. The molecule has 0 heterocycles. The van der Waals surface area contributed by atoms with Crippen molar-refractivity contribution in [2.24, 2.45) is 0 Å². The molecule has 5 nitrogen and oxygen atoms in total. The van der Waals surface area contributed by atoms with Gasteiger partial charge >= 0.3 is 5.97 Å². The first-order chi connectivity index (χ1) is 15.6. The molecule has 0 fully saturated rings. The van der Waals surface area contributed by atoms with E-state index in [-0.39, 0.29) is 23.5 Å². The molecule has 6 heteroatoms. The normalized spacial score (nSPS) is 20.3. The summed E-state index contributed by atoms with van der Waals surface area (Å²) in [5.41, 5.74) is -0.926. The van der Waals surface area contributed by atoms with Gasteiger partial charge in [-0.2, -0.15) is 0 Å². The summed E-state index contributed by atoms with van der Waals surface area (Å²) in [7, 11) is -1.39. The lowest BCUT2D eigenvalue weighted by Gasteiger charge is -2.45. The second kappa shape index (κ2) is 9.89. The summed E-state index contributed by atoms with van der Waals surface area (Å²) < 4.78 is 11.9. The Morgan fingerprint density at radius 3 is 1.82 bits per heavy atom. The van der Waals surface area contributed by atoms with Gasteiger partial charge in [0.2, 0.25) is 5.91 Å². The van der Waals surface area contributed by atoms with E-state index >= 15 is 0 Å². The molecular formula is C27H33NO4Si. The molecule has 2 aromatic rings. The van der Waals surface area contributed by atoms with E-state index in [0.717, 1.165) is 0 Å². The number of carbonyl (C=O) groups is 2. The van der Waals surface area contributed by atoms with Crippen molar-refractivity contribution < 1.29 is 18.8 Å². The van der Waals surface area contributed by atoms with Crippen molar-refractivity contribution in [1.82, 2.24) is 5.32 Å². The molecular weight excluding hydrogens is 430 g/mol. The van der Waals surface area contributed by atoms with Gasteiger partial charge in [0, 0.05) is 6.92 Å². The van der Waals surface area contributed by atoms with Gasteiger partial charge in [-0.05, 0) is 15.4 Å². The van der Waals surface area contributed by atoms with Crippen molar-refractivity contribution in [3.8, 4) is 0 Å². The lowest BCUT2D eigenvalue weighted by Crippen LogP contribution is -2.67. The zero-order valence-electron chi connectivity index (χ0n) is 20.0. The molecule has 174 valence electrons. The lowest BCUT2D eigenvalue weighted by molar-refractivity contribution is -0.141. The molecule has 0 atom stereocenters. The van der Waals surface area contributed by atoms with Crippen LogP contribution in [0.2, 0.25) is 5.04 Å². The molecule has 0 aromatic heterocycles. The minimum atomic E-state index is -2.74. The number of esters is 1. The highest BCUT2D eigenvalue weighted by Gasteiger charge is 2.51. The number of nitrogens with one attached hydrogen (secondary N) is 1. The number of hydrogen-bond acceptors (Lipinski definition) is 4. The molecule has 0 saturated heterocycles. The minimum Gasteiger partial charge on any atom is -0.469 e. The molecule has 0 unspecified atom stereocenters. The Bertz CT molecular complexity index is 972. The molecule has 0 saturated carbocycles. The van der Waals surface area contributed by atoms with Crippen LogP contribution in [0.4, 0.5) is 0 Å². The zero-order valence-corrected chi connectivity index (χ0v) is 21.0. The summed E-state index contributed by atoms with van der Waals surface area (Å²) in [6.07, 6.45) is 7.25. The maximum atomic E-state index is 12.0. The molecule has 1 amide bonds. The summed E-state index contributed by atoms with van der Waals surface area (Å²) in [6, 6.07) is 20.9. The summed E-state index contributed by atoms with van der Waals surface area (Å²) in [5.74, 6) is -0.621. The van der Waals surface area contributed by atoms with E-state index in [0.29, 0.717) is 0 Å². The fourth-order valence-corrected chi connectivity index (χ4v) is 9.09. The van der Waals surface area contributed by atoms with Crippen LogP contribution in [0.3, 0.4) is 0 Å². The second-order valence-corrected chi connectivity index (χ2v) is 13.7. The average Bonchev–Trinajstić information content (AvgIpc) is 2.78. The Morgan fingerprint density at radius 1 is 0.939 bits per heavy atom. The number of hydrogen-bond donors (Lipinski definition) is 1. The van der Waals surface area contributed by atoms with E-state index in [9.17, 15) is 9.59 Å². The van der Waals surface area contributed by atoms with Crippen molar-refractivity contribution in [2.75, 3.05) is 7.11 Å². The fourth-order valence-electron chi connectivity index (χ4n) is 4.51. The van der Waals surface area contributed by atoms with Crippen LogP contribution in [-0.4, -0.2) is 38.9 Å². The Labute approximate surface area is 197 Å². The fraction of sp³-hybridized carbons (Fsp3) is 0.333. The molecule has 0 spiro atoms. The van der Waals surface area contributed by atoms with Crippen LogP contribution in [0.1, 0.15) is 34.1 Å². The summed E-state index contributed by atoms with van der Waals surface area (Å²) in [6.45, 7) is 8.13. The third-order valence-corrected chi connectivity index (χ3v) is 11.0. The predicted molar refractivity (Wildman–Crippen MR) is 134 cm³/mol. The summed E-state index contributed by atoms with van der Waals surface area (Å²) >= 11 is 0. The molecule has 3 rings (SSSR count). The van der Waals surface area contributed by atoms with Gasteiger partial charge in [0.25, 0.3) is 8.32 Å². The van der Waals surface area contributed by atoms with E-state index in [1.165, 1.54) is 24.4 Å². The molecule has 1 aliphatic carbocycles. The highest BCUT2D eigenvalue weighted by molar-refractivity contribution is 6.99. The van der Waals surface area contributed by atoms with Crippen LogP contribution in [-0.2, 0) is 18.8 Å². The van der Waals surface area contributed by atoms with Crippen LogP contribution in [0.15, 0.2) is 85.0 Å². The second-order valence-electron chi connectivity index (χ2n) is 9.44. The number of amides is 1. The zero-order chi connectivity index (χ0) is 24.1. The quantitative estimate of drug-likeness (QED) is 0.388. The smallest absolute Gasteiger partial charge is 0.308 e. The van der Waals surface area contributed by atoms with Crippen LogP contribution in [0.25, 0.3) is 0 Å². The van der Waals surface area contributed by atoms with E-state index in [2.05, 4.69) is 74.6 Å². The van der Waals surface area contributed by atoms with Crippen molar-refractivity contribution >= 4 is 30.6 Å². The molecule has 0 aliphatic heterocycles. The molecule has 33 heavy (non-hydrogen) atoms. The van der Waals surface area contributed by atoms with Gasteiger partial charge in [-0.1, -0.05) is 106 Å². The molecule has 0 radical (unpaired) electrons. The monoisotopic (exact) mass is 463 g/mol. The first kappa shape index (κ1) is 24.7. The minimum absolute atomic E-state index is 0.0159. The van der Waals surface area contributed by atoms with E-state index in [4.69, 9.17) is 9.16 Å². The largest absolute Gasteiger partial charge is 0.469 e. The van der Waals surface area contributed by atoms with E-state index in [1.807, 2.05) is 36.4 Å². The van der Waals surface area contributed by atoms with Crippen molar-refractivity contribution in [1.29, 1.82) is 0 Å². The number of carbonyl (C=O) groups excluding carboxylic acids is 2. The van der Waals surface area contributed by atoms with Crippen LogP contribution >= 0.6 is 0 Å². The predicted octanol–water partition coefficient (Wildman–Crippen LogP) is 3.50. The van der Waals surface area contributed by atoms with Gasteiger partial charge in [0.05, 0.1) is 25.2 Å². The number of ether oxygens (including phenoxy) is 1. The first-order valence-corrected chi connectivity index (χ1v) is 13.1. The molecule has 0 bridgehead atoms. The highest BCUT2D eigenvalue weighted by Crippen LogP contribution is 2.38. The topological polar surface area (TPSA) is 64.6 Å².